The fraction of sp³-hybridized carbons (Fsp3) is 1.00. The molecule has 0 aliphatic heterocycles. The van der Waals surface area contributed by atoms with Gasteiger partial charge in [-0.15, -0.1) is 0 Å². The summed E-state index contributed by atoms with van der Waals surface area (Å²) in [5, 5.41) is 0. The van der Waals surface area contributed by atoms with Crippen molar-refractivity contribution in [1.29, 1.82) is 0 Å². The molecule has 1 heteroatoms. The van der Waals surface area contributed by atoms with Crippen molar-refractivity contribution in [2.45, 2.75) is 33.2 Å². The molecule has 48 valence electrons. The first kappa shape index (κ1) is 6.09. The van der Waals surface area contributed by atoms with Gasteiger partial charge in [0, 0.05) is 6.04 Å². The molecule has 0 radical (unpaired) electrons. The average molecular weight is 113 g/mol. The molecule has 0 aromatic rings. The number of hydrogen-bond donors (Lipinski definition) is 1. The first-order valence-electron chi connectivity index (χ1n) is 3.29. The third-order valence-corrected chi connectivity index (χ3v) is 2.22. The van der Waals surface area contributed by atoms with Gasteiger partial charge in [-0.25, -0.2) is 0 Å². The fourth-order valence-electron chi connectivity index (χ4n) is 1.41. The van der Waals surface area contributed by atoms with Crippen molar-refractivity contribution in [3.63, 3.8) is 0 Å². The number of hydrogen-bond acceptors (Lipinski definition) is 1. The zero-order chi connectivity index (χ0) is 6.36. The Kier molecular flexibility index (Phi) is 1.12. The van der Waals surface area contributed by atoms with Gasteiger partial charge >= 0.3 is 0 Å². The predicted molar refractivity (Wildman–Crippen MR) is 35.5 cm³/mol. The molecule has 0 aromatic carbocycles. The molecule has 0 aromatic heterocycles. The molecule has 8 heavy (non-hydrogen) atoms. The summed E-state index contributed by atoms with van der Waals surface area (Å²) in [5.41, 5.74) is 6.24. The quantitative estimate of drug-likeness (QED) is 0.546. The topological polar surface area (TPSA) is 26.0 Å². The van der Waals surface area contributed by atoms with E-state index >= 15 is 0 Å². The highest BCUT2D eigenvalue weighted by atomic mass is 14.7. The van der Waals surface area contributed by atoms with Crippen LogP contribution in [0.15, 0.2) is 0 Å². The minimum absolute atomic E-state index is 0.407. The summed E-state index contributed by atoms with van der Waals surface area (Å²) in [7, 11) is 0. The summed E-state index contributed by atoms with van der Waals surface area (Å²) < 4.78 is 0. The zero-order valence-corrected chi connectivity index (χ0v) is 5.94. The van der Waals surface area contributed by atoms with Gasteiger partial charge in [-0.3, -0.25) is 0 Å². The minimum atomic E-state index is 0.407. The Bertz CT molecular complexity index is 94.6. The van der Waals surface area contributed by atoms with Crippen molar-refractivity contribution in [2.75, 3.05) is 0 Å². The van der Waals surface area contributed by atoms with Gasteiger partial charge in [-0.05, 0) is 24.7 Å². The van der Waals surface area contributed by atoms with Crippen molar-refractivity contribution in [2.24, 2.45) is 17.1 Å². The molecule has 0 bridgehead atoms. The molecule has 0 amide bonds. The predicted octanol–water partition coefficient (Wildman–Crippen LogP) is 1.38. The Labute approximate surface area is 51.3 Å². The van der Waals surface area contributed by atoms with Gasteiger partial charge in [0.25, 0.3) is 0 Å². The highest BCUT2D eigenvalue weighted by Gasteiger charge is 2.47. The lowest BCUT2D eigenvalue weighted by atomic mass is 10.1. The van der Waals surface area contributed by atoms with Gasteiger partial charge in [-0.2, -0.15) is 0 Å². The zero-order valence-electron chi connectivity index (χ0n) is 5.94. The second-order valence-electron chi connectivity index (χ2n) is 3.66. The Morgan fingerprint density at radius 3 is 2.00 bits per heavy atom. The van der Waals surface area contributed by atoms with Crippen LogP contribution in [-0.2, 0) is 0 Å². The average Bonchev–Trinajstić information content (AvgIpc) is 2.13. The van der Waals surface area contributed by atoms with Crippen molar-refractivity contribution in [3.05, 3.63) is 0 Å². The van der Waals surface area contributed by atoms with E-state index in [9.17, 15) is 0 Å². The molecule has 0 saturated heterocycles. The standard InChI is InChI=1S/C7H15N/c1-5(8)6-4-7(6,2)3/h5-6H,4,8H2,1-3H3/t5-,6?/m0/s1. The molecule has 1 aliphatic rings. The van der Waals surface area contributed by atoms with E-state index < -0.39 is 0 Å². The summed E-state index contributed by atoms with van der Waals surface area (Å²) in [6, 6.07) is 0.407. The lowest BCUT2D eigenvalue weighted by Gasteiger charge is -2.04. The second kappa shape index (κ2) is 1.47. The molecule has 0 spiro atoms. The molecule has 1 unspecified atom stereocenters. The Hall–Kier alpha value is -0.0400. The summed E-state index contributed by atoms with van der Waals surface area (Å²) in [4.78, 5) is 0. The third kappa shape index (κ3) is 0.873. The van der Waals surface area contributed by atoms with Gasteiger partial charge in [-0.1, -0.05) is 13.8 Å². The van der Waals surface area contributed by atoms with Crippen LogP contribution in [0.3, 0.4) is 0 Å². The van der Waals surface area contributed by atoms with Crippen LogP contribution in [0.5, 0.6) is 0 Å². The van der Waals surface area contributed by atoms with E-state index in [2.05, 4.69) is 20.8 Å². The molecular weight excluding hydrogens is 98.1 g/mol. The molecule has 1 aliphatic carbocycles. The first-order chi connectivity index (χ1) is 3.54. The van der Waals surface area contributed by atoms with Crippen LogP contribution >= 0.6 is 0 Å². The van der Waals surface area contributed by atoms with Crippen LogP contribution in [0, 0.1) is 11.3 Å². The lowest BCUT2D eigenvalue weighted by molar-refractivity contribution is 0.501. The van der Waals surface area contributed by atoms with Crippen molar-refractivity contribution in [3.8, 4) is 0 Å². The maximum absolute atomic E-state index is 5.67. The van der Waals surface area contributed by atoms with Gasteiger partial charge in [0.2, 0.25) is 0 Å². The van der Waals surface area contributed by atoms with Gasteiger partial charge in [0.05, 0.1) is 0 Å². The SMILES string of the molecule is C[C@H](N)C1CC1(C)C. The largest absolute Gasteiger partial charge is 0.328 e. The van der Waals surface area contributed by atoms with Crippen LogP contribution in [-0.4, -0.2) is 6.04 Å². The molecule has 0 heterocycles. The maximum Gasteiger partial charge on any atom is 0.00440 e. The van der Waals surface area contributed by atoms with Gasteiger partial charge < -0.3 is 5.73 Å². The molecule has 1 saturated carbocycles. The highest BCUT2D eigenvalue weighted by molar-refractivity contribution is 4.99. The van der Waals surface area contributed by atoms with Crippen molar-refractivity contribution in [1.82, 2.24) is 0 Å². The van der Waals surface area contributed by atoms with Crippen LogP contribution in [0.4, 0.5) is 0 Å². The summed E-state index contributed by atoms with van der Waals surface area (Å²) in [6.45, 7) is 6.65. The molecular formula is C7H15N. The number of nitrogens with two attached hydrogens (primary N) is 1. The molecule has 2 N–H and O–H groups in total. The van der Waals surface area contributed by atoms with E-state index in [-0.39, 0.29) is 0 Å². The Balaban J connectivity index is 2.37. The fourth-order valence-corrected chi connectivity index (χ4v) is 1.41. The van der Waals surface area contributed by atoms with E-state index in [0.717, 1.165) is 5.92 Å². The smallest absolute Gasteiger partial charge is 0.00440 e. The van der Waals surface area contributed by atoms with E-state index in [4.69, 9.17) is 5.73 Å². The van der Waals surface area contributed by atoms with Crippen LogP contribution in [0.2, 0.25) is 0 Å². The molecule has 2 atom stereocenters. The Morgan fingerprint density at radius 1 is 1.62 bits per heavy atom. The third-order valence-electron chi connectivity index (χ3n) is 2.22. The lowest BCUT2D eigenvalue weighted by Crippen LogP contribution is -2.19. The van der Waals surface area contributed by atoms with Crippen LogP contribution in [0.1, 0.15) is 27.2 Å². The van der Waals surface area contributed by atoms with E-state index in [1.165, 1.54) is 6.42 Å². The minimum Gasteiger partial charge on any atom is -0.328 e. The van der Waals surface area contributed by atoms with E-state index in [1.807, 2.05) is 0 Å². The second-order valence-corrected chi connectivity index (χ2v) is 3.66. The Morgan fingerprint density at radius 2 is 2.00 bits per heavy atom. The number of rotatable bonds is 1. The van der Waals surface area contributed by atoms with E-state index in [1.54, 1.807) is 0 Å². The first-order valence-corrected chi connectivity index (χ1v) is 3.29. The summed E-state index contributed by atoms with van der Waals surface area (Å²) in [5.74, 6) is 0.794. The van der Waals surface area contributed by atoms with Gasteiger partial charge in [0.1, 0.15) is 0 Å². The molecule has 1 rings (SSSR count). The molecule has 1 nitrogen and oxygen atoms in total. The van der Waals surface area contributed by atoms with Crippen LogP contribution in [0.25, 0.3) is 0 Å². The van der Waals surface area contributed by atoms with Crippen molar-refractivity contribution < 1.29 is 0 Å². The summed E-state index contributed by atoms with van der Waals surface area (Å²) in [6.07, 6.45) is 1.32. The monoisotopic (exact) mass is 113 g/mol. The van der Waals surface area contributed by atoms with Crippen molar-refractivity contribution >= 4 is 0 Å². The summed E-state index contributed by atoms with van der Waals surface area (Å²) >= 11 is 0. The molecule has 1 fully saturated rings. The van der Waals surface area contributed by atoms with Gasteiger partial charge in [0.15, 0.2) is 0 Å². The van der Waals surface area contributed by atoms with E-state index in [0.29, 0.717) is 11.5 Å². The normalized spacial score (nSPS) is 36.8. The maximum atomic E-state index is 5.67. The highest BCUT2D eigenvalue weighted by Crippen LogP contribution is 2.52. The van der Waals surface area contributed by atoms with Crippen LogP contribution < -0.4 is 5.73 Å².